The number of anilines is 2. The molecule has 1 aromatic carbocycles. The number of rotatable bonds is 4. The molecule has 5 rings (SSSR count). The molecular formula is C25H25BrF3N3O. The van der Waals surface area contributed by atoms with Crippen LogP contribution in [-0.2, 0) is 0 Å². The van der Waals surface area contributed by atoms with E-state index in [4.69, 9.17) is 0 Å². The maximum Gasteiger partial charge on any atom is 0.256 e. The number of alkyl halides is 2. The number of amides is 1. The Morgan fingerprint density at radius 1 is 1.09 bits per heavy atom. The summed E-state index contributed by atoms with van der Waals surface area (Å²) in [6.07, 6.45) is 8.59. The maximum atomic E-state index is 15.2. The topological polar surface area (TPSA) is 45.2 Å². The molecule has 1 N–H and O–H groups in total. The van der Waals surface area contributed by atoms with Gasteiger partial charge >= 0.3 is 0 Å². The molecule has 1 aliphatic heterocycles. The second kappa shape index (κ2) is 8.46. The van der Waals surface area contributed by atoms with Crippen LogP contribution in [0.2, 0.25) is 0 Å². The largest absolute Gasteiger partial charge is 0.354 e. The number of halogens is 4. The molecule has 0 bridgehead atoms. The fraction of sp³-hybridized carbons (Fsp3) is 0.440. The monoisotopic (exact) mass is 519 g/mol. The zero-order valence-electron chi connectivity index (χ0n) is 18.1. The lowest BCUT2D eigenvalue weighted by Gasteiger charge is -2.32. The van der Waals surface area contributed by atoms with Gasteiger partial charge < -0.3 is 10.2 Å². The van der Waals surface area contributed by atoms with Crippen molar-refractivity contribution < 1.29 is 18.0 Å². The van der Waals surface area contributed by atoms with Gasteiger partial charge in [-0.15, -0.1) is 0 Å². The summed E-state index contributed by atoms with van der Waals surface area (Å²) in [5.41, 5.74) is 2.94. The van der Waals surface area contributed by atoms with Crippen LogP contribution in [0.15, 0.2) is 41.0 Å². The van der Waals surface area contributed by atoms with Crippen LogP contribution in [0, 0.1) is 11.2 Å². The molecule has 1 saturated heterocycles. The Morgan fingerprint density at radius 2 is 1.85 bits per heavy atom. The third-order valence-electron chi connectivity index (χ3n) is 7.15. The number of pyridine rings is 1. The van der Waals surface area contributed by atoms with Crippen LogP contribution in [0.3, 0.4) is 0 Å². The molecular weight excluding hydrogens is 495 g/mol. The van der Waals surface area contributed by atoms with Gasteiger partial charge in [0.05, 0.1) is 5.69 Å². The van der Waals surface area contributed by atoms with Crippen LogP contribution >= 0.6 is 15.9 Å². The number of allylic oxidation sites excluding steroid dienone is 2. The molecule has 1 spiro atoms. The van der Waals surface area contributed by atoms with Crippen molar-refractivity contribution in [3.8, 4) is 0 Å². The molecule has 1 saturated carbocycles. The minimum Gasteiger partial charge on any atom is -0.354 e. The second-order valence-electron chi connectivity index (χ2n) is 9.42. The summed E-state index contributed by atoms with van der Waals surface area (Å²) >= 11 is 3.50. The predicted octanol–water partition coefficient (Wildman–Crippen LogP) is 6.82. The van der Waals surface area contributed by atoms with Gasteiger partial charge in [0, 0.05) is 42.2 Å². The minimum atomic E-state index is -2.73. The highest BCUT2D eigenvalue weighted by molar-refractivity contribution is 9.10. The van der Waals surface area contributed by atoms with Gasteiger partial charge in [-0.3, -0.25) is 4.79 Å². The Balaban J connectivity index is 1.38. The maximum absolute atomic E-state index is 15.2. The van der Waals surface area contributed by atoms with Gasteiger partial charge in [0.25, 0.3) is 11.8 Å². The van der Waals surface area contributed by atoms with Crippen LogP contribution in [-0.4, -0.2) is 29.9 Å². The average Bonchev–Trinajstić information content (AvgIpc) is 3.54. The van der Waals surface area contributed by atoms with Crippen molar-refractivity contribution >= 4 is 38.9 Å². The molecule has 2 aromatic rings. The number of aromatic nitrogens is 1. The summed E-state index contributed by atoms with van der Waals surface area (Å²) < 4.78 is 43.1. The van der Waals surface area contributed by atoms with Crippen molar-refractivity contribution in [3.63, 3.8) is 0 Å². The third kappa shape index (κ3) is 4.67. The highest BCUT2D eigenvalue weighted by Crippen LogP contribution is 2.56. The minimum absolute atomic E-state index is 0.00856. The lowest BCUT2D eigenvalue weighted by atomic mass is 9.83. The number of piperidine rings is 1. The Morgan fingerprint density at radius 3 is 2.52 bits per heavy atom. The van der Waals surface area contributed by atoms with E-state index in [9.17, 15) is 13.6 Å². The molecule has 0 atom stereocenters. The number of hydrogen-bond acceptors (Lipinski definition) is 3. The standard InChI is InChI=1S/C25H25BrF3N3O/c26-17-1-2-18(19(15-17)16-3-6-24(7-4-16)8-9-24)23(33)31-20-5-12-30-22(21(20)27)32-13-10-25(28,29)11-14-32/h1-3,5,12,15H,4,6-11,13-14H2,(H,30,31,33). The first-order chi connectivity index (χ1) is 15.8. The molecule has 2 fully saturated rings. The zero-order chi connectivity index (χ0) is 23.2. The van der Waals surface area contributed by atoms with Gasteiger partial charge in [-0.05, 0) is 72.9 Å². The van der Waals surface area contributed by atoms with E-state index in [-0.39, 0.29) is 37.4 Å². The van der Waals surface area contributed by atoms with Crippen molar-refractivity contribution in [2.75, 3.05) is 23.3 Å². The molecule has 2 heterocycles. The number of carbonyl (C=O) groups is 1. The number of benzene rings is 1. The zero-order valence-corrected chi connectivity index (χ0v) is 19.7. The first-order valence-electron chi connectivity index (χ1n) is 11.3. The molecule has 33 heavy (non-hydrogen) atoms. The van der Waals surface area contributed by atoms with Crippen LogP contribution in [0.1, 0.15) is 60.9 Å². The van der Waals surface area contributed by atoms with Gasteiger partial charge in [0.1, 0.15) is 0 Å². The summed E-state index contributed by atoms with van der Waals surface area (Å²) in [5, 5.41) is 2.68. The van der Waals surface area contributed by atoms with Crippen LogP contribution < -0.4 is 10.2 Å². The van der Waals surface area contributed by atoms with Gasteiger partial charge in [-0.2, -0.15) is 0 Å². The molecule has 8 heteroatoms. The first-order valence-corrected chi connectivity index (χ1v) is 12.1. The molecule has 4 nitrogen and oxygen atoms in total. The molecule has 0 radical (unpaired) electrons. The van der Waals surface area contributed by atoms with E-state index in [2.05, 4.69) is 32.3 Å². The summed E-state index contributed by atoms with van der Waals surface area (Å²) in [4.78, 5) is 18.8. The molecule has 1 aromatic heterocycles. The van der Waals surface area contributed by atoms with E-state index in [0.29, 0.717) is 11.0 Å². The fourth-order valence-electron chi connectivity index (χ4n) is 4.78. The van der Waals surface area contributed by atoms with E-state index < -0.39 is 17.6 Å². The van der Waals surface area contributed by atoms with E-state index in [1.54, 1.807) is 12.1 Å². The molecule has 3 aliphatic rings. The Bertz CT molecular complexity index is 1120. The molecule has 0 unspecified atom stereocenters. The van der Waals surface area contributed by atoms with E-state index in [0.717, 1.165) is 34.9 Å². The van der Waals surface area contributed by atoms with Crippen LogP contribution in [0.5, 0.6) is 0 Å². The van der Waals surface area contributed by atoms with Crippen molar-refractivity contribution in [2.24, 2.45) is 5.41 Å². The average molecular weight is 520 g/mol. The lowest BCUT2D eigenvalue weighted by Crippen LogP contribution is -2.40. The Labute approximate surface area is 199 Å². The molecule has 1 amide bonds. The normalized spacial score (nSPS) is 21.0. The van der Waals surface area contributed by atoms with Gasteiger partial charge in [-0.25, -0.2) is 18.2 Å². The summed E-state index contributed by atoms with van der Waals surface area (Å²) in [6.45, 7) is 0.0294. The molecule has 174 valence electrons. The SMILES string of the molecule is O=C(Nc1ccnc(N2CCC(F)(F)CC2)c1F)c1ccc(Br)cc1C1=CCC2(CC1)CC2. The number of hydrogen-bond donors (Lipinski definition) is 1. The van der Waals surface area contributed by atoms with Crippen LogP contribution in [0.25, 0.3) is 5.57 Å². The number of nitrogens with zero attached hydrogens (tertiary/aromatic N) is 2. The number of nitrogens with one attached hydrogen (secondary N) is 1. The van der Waals surface area contributed by atoms with Crippen molar-refractivity contribution in [2.45, 2.75) is 50.9 Å². The van der Waals surface area contributed by atoms with Gasteiger partial charge in [0.2, 0.25) is 0 Å². The second-order valence-corrected chi connectivity index (χ2v) is 10.3. The van der Waals surface area contributed by atoms with Gasteiger partial charge in [0.15, 0.2) is 11.6 Å². The van der Waals surface area contributed by atoms with Crippen molar-refractivity contribution in [1.29, 1.82) is 0 Å². The first kappa shape index (κ1) is 22.4. The smallest absolute Gasteiger partial charge is 0.256 e. The van der Waals surface area contributed by atoms with Crippen molar-refractivity contribution in [1.82, 2.24) is 4.98 Å². The van der Waals surface area contributed by atoms with Gasteiger partial charge in [-0.1, -0.05) is 22.0 Å². The molecule has 2 aliphatic carbocycles. The quantitative estimate of drug-likeness (QED) is 0.482. The predicted molar refractivity (Wildman–Crippen MR) is 126 cm³/mol. The fourth-order valence-corrected chi connectivity index (χ4v) is 5.15. The van der Waals surface area contributed by atoms with Crippen molar-refractivity contribution in [3.05, 3.63) is 58.0 Å². The highest BCUT2D eigenvalue weighted by atomic mass is 79.9. The number of carbonyl (C=O) groups excluding carboxylic acids is 1. The Hall–Kier alpha value is -2.35. The third-order valence-corrected chi connectivity index (χ3v) is 7.64. The van der Waals surface area contributed by atoms with E-state index >= 15 is 4.39 Å². The summed E-state index contributed by atoms with van der Waals surface area (Å²) in [7, 11) is 0. The lowest BCUT2D eigenvalue weighted by molar-refractivity contribution is -0.0222. The van der Waals surface area contributed by atoms with E-state index in [1.807, 2.05) is 6.07 Å². The summed E-state index contributed by atoms with van der Waals surface area (Å²) in [5.74, 6) is -3.86. The Kier molecular flexibility index (Phi) is 5.75. The highest BCUT2D eigenvalue weighted by Gasteiger charge is 2.43. The van der Waals surface area contributed by atoms with Crippen LogP contribution in [0.4, 0.5) is 24.7 Å². The van der Waals surface area contributed by atoms with E-state index in [1.165, 1.54) is 30.0 Å². The summed E-state index contributed by atoms with van der Waals surface area (Å²) in [6, 6.07) is 6.87.